The molecule has 0 aliphatic rings. The predicted molar refractivity (Wildman–Crippen MR) is 65.3 cm³/mol. The van der Waals surface area contributed by atoms with Crippen molar-refractivity contribution in [1.29, 1.82) is 0 Å². The molecule has 0 atom stereocenters. The Labute approximate surface area is 104 Å². The van der Waals surface area contributed by atoms with Gasteiger partial charge in [-0.15, -0.1) is 0 Å². The van der Waals surface area contributed by atoms with Crippen LogP contribution in [0, 0.1) is 5.82 Å². The van der Waals surface area contributed by atoms with Gasteiger partial charge in [-0.05, 0) is 26.0 Å². The molecule has 1 aromatic carbocycles. The molecule has 0 unspecified atom stereocenters. The van der Waals surface area contributed by atoms with E-state index in [4.69, 9.17) is 5.11 Å². The van der Waals surface area contributed by atoms with Gasteiger partial charge in [0.05, 0.1) is 0 Å². The topological polar surface area (TPSA) is 66.4 Å². The molecule has 0 saturated carbocycles. The van der Waals surface area contributed by atoms with Crippen molar-refractivity contribution in [2.75, 3.05) is 0 Å². The van der Waals surface area contributed by atoms with E-state index in [0.29, 0.717) is 0 Å². The molecule has 1 amide bonds. The number of halogens is 1. The van der Waals surface area contributed by atoms with E-state index in [1.165, 1.54) is 32.1 Å². The molecule has 18 heavy (non-hydrogen) atoms. The van der Waals surface area contributed by atoms with Crippen LogP contribution < -0.4 is 5.32 Å². The van der Waals surface area contributed by atoms with Gasteiger partial charge in [0.25, 0.3) is 0 Å². The van der Waals surface area contributed by atoms with Gasteiger partial charge in [-0.1, -0.05) is 18.2 Å². The molecule has 96 valence electrons. The lowest BCUT2D eigenvalue weighted by atomic mass is 10.1. The number of hydrogen-bond donors (Lipinski definition) is 2. The number of amides is 1. The van der Waals surface area contributed by atoms with E-state index in [2.05, 4.69) is 5.32 Å². The maximum absolute atomic E-state index is 13.2. The monoisotopic (exact) mass is 251 g/mol. The van der Waals surface area contributed by atoms with Crippen LogP contribution in [0.3, 0.4) is 0 Å². The van der Waals surface area contributed by atoms with Crippen molar-refractivity contribution in [2.45, 2.75) is 19.4 Å². The highest BCUT2D eigenvalue weighted by Crippen LogP contribution is 2.08. The highest BCUT2D eigenvalue weighted by Gasteiger charge is 2.27. The average molecular weight is 251 g/mol. The standard InChI is InChI=1S/C13H14FNO3/c1-13(2,12(17)18)15-11(16)8-7-9-5-3-4-6-10(9)14/h3-8H,1-2H3,(H,15,16)(H,17,18). The van der Waals surface area contributed by atoms with Crippen LogP contribution in [0.2, 0.25) is 0 Å². The molecule has 1 aromatic rings. The van der Waals surface area contributed by atoms with Crippen LogP contribution in [-0.2, 0) is 9.59 Å². The maximum Gasteiger partial charge on any atom is 0.328 e. The summed E-state index contributed by atoms with van der Waals surface area (Å²) in [6.07, 6.45) is 2.39. The Morgan fingerprint density at radius 2 is 1.94 bits per heavy atom. The Hall–Kier alpha value is -2.17. The number of benzene rings is 1. The molecule has 0 fully saturated rings. The van der Waals surface area contributed by atoms with Crippen molar-refractivity contribution in [2.24, 2.45) is 0 Å². The summed E-state index contributed by atoms with van der Waals surface area (Å²) in [7, 11) is 0. The second-order valence-electron chi connectivity index (χ2n) is 4.27. The number of carboxylic acids is 1. The Bertz CT molecular complexity index is 495. The third kappa shape index (κ3) is 3.69. The van der Waals surface area contributed by atoms with Gasteiger partial charge in [0, 0.05) is 11.6 Å². The minimum Gasteiger partial charge on any atom is -0.480 e. The van der Waals surface area contributed by atoms with Gasteiger partial charge in [-0.3, -0.25) is 4.79 Å². The van der Waals surface area contributed by atoms with Crippen molar-refractivity contribution in [3.8, 4) is 0 Å². The smallest absolute Gasteiger partial charge is 0.328 e. The second-order valence-corrected chi connectivity index (χ2v) is 4.27. The van der Waals surface area contributed by atoms with Crippen LogP contribution in [0.25, 0.3) is 6.08 Å². The minimum atomic E-state index is -1.36. The Morgan fingerprint density at radius 3 is 2.50 bits per heavy atom. The number of rotatable bonds is 4. The molecule has 5 heteroatoms. The van der Waals surface area contributed by atoms with E-state index >= 15 is 0 Å². The van der Waals surface area contributed by atoms with Crippen molar-refractivity contribution < 1.29 is 19.1 Å². The predicted octanol–water partition coefficient (Wildman–Crippen LogP) is 1.82. The average Bonchev–Trinajstić information content (AvgIpc) is 2.27. The normalized spacial score (nSPS) is 11.5. The fourth-order valence-electron chi connectivity index (χ4n) is 1.18. The Balaban J connectivity index is 2.72. The van der Waals surface area contributed by atoms with Crippen LogP contribution in [0.1, 0.15) is 19.4 Å². The molecular weight excluding hydrogens is 237 g/mol. The summed E-state index contributed by atoms with van der Waals surface area (Å²) >= 11 is 0. The number of carbonyl (C=O) groups excluding carboxylic acids is 1. The summed E-state index contributed by atoms with van der Waals surface area (Å²) in [5.41, 5.74) is -1.10. The summed E-state index contributed by atoms with van der Waals surface area (Å²) in [5, 5.41) is 11.1. The van der Waals surface area contributed by atoms with Crippen LogP contribution in [0.5, 0.6) is 0 Å². The van der Waals surface area contributed by atoms with E-state index in [1.807, 2.05) is 0 Å². The molecule has 0 saturated heterocycles. The Kier molecular flexibility index (Phi) is 4.20. The molecule has 0 spiro atoms. The molecule has 0 aliphatic carbocycles. The van der Waals surface area contributed by atoms with Crippen molar-refractivity contribution >= 4 is 18.0 Å². The van der Waals surface area contributed by atoms with E-state index < -0.39 is 23.2 Å². The molecular formula is C13H14FNO3. The molecule has 0 bridgehead atoms. The van der Waals surface area contributed by atoms with E-state index in [1.54, 1.807) is 12.1 Å². The molecule has 2 N–H and O–H groups in total. The third-order valence-electron chi connectivity index (χ3n) is 2.29. The van der Waals surface area contributed by atoms with E-state index in [9.17, 15) is 14.0 Å². The van der Waals surface area contributed by atoms with Gasteiger partial charge in [-0.25, -0.2) is 9.18 Å². The summed E-state index contributed by atoms with van der Waals surface area (Å²) in [5.74, 6) is -2.18. The van der Waals surface area contributed by atoms with Gasteiger partial charge < -0.3 is 10.4 Å². The number of hydrogen-bond acceptors (Lipinski definition) is 2. The van der Waals surface area contributed by atoms with Gasteiger partial charge >= 0.3 is 5.97 Å². The summed E-state index contributed by atoms with van der Waals surface area (Å²) in [6.45, 7) is 2.73. The van der Waals surface area contributed by atoms with Gasteiger partial charge in [0.2, 0.25) is 5.91 Å². The van der Waals surface area contributed by atoms with Crippen molar-refractivity contribution in [3.05, 3.63) is 41.7 Å². The lowest BCUT2D eigenvalue weighted by Gasteiger charge is -2.19. The molecule has 0 radical (unpaired) electrons. The first-order valence-electron chi connectivity index (χ1n) is 5.31. The first kappa shape index (κ1) is 13.9. The van der Waals surface area contributed by atoms with Gasteiger partial charge in [0.15, 0.2) is 0 Å². The number of aliphatic carboxylic acids is 1. The molecule has 0 aliphatic heterocycles. The largest absolute Gasteiger partial charge is 0.480 e. The summed E-state index contributed by atoms with van der Waals surface area (Å²) in [6, 6.07) is 5.97. The van der Waals surface area contributed by atoms with Gasteiger partial charge in [0.1, 0.15) is 11.4 Å². The van der Waals surface area contributed by atoms with Gasteiger partial charge in [-0.2, -0.15) is 0 Å². The number of carbonyl (C=O) groups is 2. The zero-order valence-corrected chi connectivity index (χ0v) is 10.1. The first-order chi connectivity index (χ1) is 8.33. The fraction of sp³-hybridized carbons (Fsp3) is 0.231. The summed E-state index contributed by atoms with van der Waals surface area (Å²) < 4.78 is 13.2. The zero-order chi connectivity index (χ0) is 13.8. The highest BCUT2D eigenvalue weighted by molar-refractivity contribution is 5.95. The lowest BCUT2D eigenvalue weighted by Crippen LogP contribution is -2.49. The maximum atomic E-state index is 13.2. The zero-order valence-electron chi connectivity index (χ0n) is 10.1. The molecule has 1 rings (SSSR count). The highest BCUT2D eigenvalue weighted by atomic mass is 19.1. The van der Waals surface area contributed by atoms with Crippen LogP contribution >= 0.6 is 0 Å². The molecule has 0 heterocycles. The Morgan fingerprint density at radius 1 is 1.33 bits per heavy atom. The van der Waals surface area contributed by atoms with Crippen LogP contribution in [0.4, 0.5) is 4.39 Å². The number of carboxylic acid groups (broad SMARTS) is 1. The summed E-state index contributed by atoms with van der Waals surface area (Å²) in [4.78, 5) is 22.3. The van der Waals surface area contributed by atoms with E-state index in [-0.39, 0.29) is 5.56 Å². The van der Waals surface area contributed by atoms with Crippen LogP contribution in [0.15, 0.2) is 30.3 Å². The first-order valence-corrected chi connectivity index (χ1v) is 5.31. The van der Waals surface area contributed by atoms with Crippen molar-refractivity contribution in [1.82, 2.24) is 5.32 Å². The minimum absolute atomic E-state index is 0.265. The lowest BCUT2D eigenvalue weighted by molar-refractivity contribution is -0.145. The number of nitrogens with one attached hydrogen (secondary N) is 1. The van der Waals surface area contributed by atoms with Crippen molar-refractivity contribution in [3.63, 3.8) is 0 Å². The van der Waals surface area contributed by atoms with E-state index in [0.717, 1.165) is 6.08 Å². The SMILES string of the molecule is CC(C)(NC(=O)C=Cc1ccccc1F)C(=O)O. The third-order valence-corrected chi connectivity index (χ3v) is 2.29. The molecule has 0 aromatic heterocycles. The second kappa shape index (κ2) is 5.44. The van der Waals surface area contributed by atoms with Crippen LogP contribution in [-0.4, -0.2) is 22.5 Å². The molecule has 4 nitrogen and oxygen atoms in total. The quantitative estimate of drug-likeness (QED) is 0.802. The fourth-order valence-corrected chi connectivity index (χ4v) is 1.18.